The van der Waals surface area contributed by atoms with E-state index >= 15 is 0 Å². The molecule has 81 heavy (non-hydrogen) atoms. The van der Waals surface area contributed by atoms with Crippen LogP contribution in [0.3, 0.4) is 0 Å². The zero-order chi connectivity index (χ0) is 57.9. The fraction of sp³-hybridized carbons (Fsp3) is 0.600. The Hall–Kier alpha value is -6.42. The molecule has 0 aliphatic heterocycles. The molecule has 1 aromatic heterocycles. The number of phenols is 1. The van der Waals surface area contributed by atoms with Crippen molar-refractivity contribution in [2.75, 3.05) is 40.5 Å². The molecule has 0 radical (unpaired) electrons. The van der Waals surface area contributed by atoms with Gasteiger partial charge >= 0.3 is 0 Å². The number of nitrogens with one attached hydrogen (secondary N) is 3. The van der Waals surface area contributed by atoms with Crippen molar-refractivity contribution in [3.8, 4) is 23.0 Å². The summed E-state index contributed by atoms with van der Waals surface area (Å²) >= 11 is 0. The van der Waals surface area contributed by atoms with Crippen LogP contribution in [0.2, 0.25) is 0 Å². The van der Waals surface area contributed by atoms with Crippen molar-refractivity contribution < 1.29 is 48.3 Å². The molecule has 0 unspecified atom stereocenters. The molecule has 3 fully saturated rings. The number of ether oxygens (including phenoxy) is 4. The van der Waals surface area contributed by atoms with Gasteiger partial charge in [0.2, 0.25) is 17.7 Å². The third-order valence-corrected chi connectivity index (χ3v) is 18.2. The summed E-state index contributed by atoms with van der Waals surface area (Å²) in [4.78, 5) is 50.0. The summed E-state index contributed by atoms with van der Waals surface area (Å²) in [6, 6.07) is 9.98. The number of carbonyl (C=O) groups is 4. The van der Waals surface area contributed by atoms with Gasteiger partial charge in [-0.25, -0.2) is 0 Å². The van der Waals surface area contributed by atoms with E-state index in [1.54, 1.807) is 52.7 Å². The Balaban J connectivity index is 0.690. The number of methoxy groups -OCH3 is 2. The number of nitrogens with zero attached hydrogens (tertiary/aromatic N) is 3. The van der Waals surface area contributed by atoms with Crippen LogP contribution in [0.25, 0.3) is 12.2 Å². The van der Waals surface area contributed by atoms with Gasteiger partial charge in [-0.3, -0.25) is 23.9 Å². The molecule has 0 saturated heterocycles. The van der Waals surface area contributed by atoms with Crippen molar-refractivity contribution in [1.29, 1.82) is 0 Å². The van der Waals surface area contributed by atoms with Crippen LogP contribution >= 0.6 is 0 Å². The number of ketones is 1. The zero-order valence-corrected chi connectivity index (χ0v) is 49.3. The highest BCUT2D eigenvalue weighted by atomic mass is 16.5. The molecule has 16 heteroatoms. The lowest BCUT2D eigenvalue weighted by atomic mass is 9.47. The van der Waals surface area contributed by atoms with Crippen molar-refractivity contribution in [2.45, 2.75) is 163 Å². The maximum Gasteiger partial charge on any atom is 0.246 e. The Bertz CT molecular complexity index is 2710. The highest BCUT2D eigenvalue weighted by Crippen LogP contribution is 2.67. The Labute approximate surface area is 481 Å². The van der Waals surface area contributed by atoms with Gasteiger partial charge in [-0.1, -0.05) is 108 Å². The van der Waals surface area contributed by atoms with Gasteiger partial charge in [0.05, 0.1) is 26.5 Å². The molecule has 2 aromatic carbocycles. The van der Waals surface area contributed by atoms with Gasteiger partial charge in [-0.15, -0.1) is 5.10 Å². The van der Waals surface area contributed by atoms with Crippen LogP contribution in [-0.2, 0) is 37.1 Å². The number of carbonyl (C=O) groups excluding carboxylic acids is 4. The lowest BCUT2D eigenvalue weighted by Gasteiger charge is -2.58. The number of amides is 3. The first kappa shape index (κ1) is 62.2. The highest BCUT2D eigenvalue weighted by Gasteiger charge is 2.59. The van der Waals surface area contributed by atoms with E-state index in [0.29, 0.717) is 46.8 Å². The Kier molecular flexibility index (Phi) is 23.1. The number of rotatable bonds is 31. The number of allylic oxidation sites excluding steroid dienone is 4. The lowest BCUT2D eigenvalue weighted by molar-refractivity contribution is -0.129. The second-order valence-corrected chi connectivity index (χ2v) is 24.2. The molecule has 3 aromatic rings. The summed E-state index contributed by atoms with van der Waals surface area (Å²) in [5.74, 6) is 4.94. The van der Waals surface area contributed by atoms with E-state index in [1.807, 2.05) is 6.20 Å². The SMILES string of the molecule is COc1cc(/C=C/C(=O)/C=C(O)/C=C/c2ccc(OCc3cn(CCCCCCNC(=O)CCNC(=O)CCNC(=O)CO[C@H]4CC[C@@]5(C)C(=CC[C@H]6[C@@H]7CC[C@H]([C@H](C)CCCC(C)C)[C@@]7(C)CC[C@@H]65)C4)nn3)c(OC)c2)ccc1O. The molecule has 4 aliphatic rings. The maximum absolute atomic E-state index is 12.8. The Morgan fingerprint density at radius 3 is 2.23 bits per heavy atom. The number of hydrogen-bond acceptors (Lipinski definition) is 12. The summed E-state index contributed by atoms with van der Waals surface area (Å²) < 4.78 is 24.6. The van der Waals surface area contributed by atoms with E-state index in [2.05, 4.69) is 67.0 Å². The number of hydrogen-bond donors (Lipinski definition) is 5. The molecule has 442 valence electrons. The van der Waals surface area contributed by atoms with E-state index < -0.39 is 5.78 Å². The highest BCUT2D eigenvalue weighted by molar-refractivity contribution is 6.02. The quantitative estimate of drug-likeness (QED) is 0.0134. The molecule has 8 atom stereocenters. The normalized spacial score (nSPS) is 23.8. The smallest absolute Gasteiger partial charge is 0.246 e. The van der Waals surface area contributed by atoms with Gasteiger partial charge in [0.25, 0.3) is 0 Å². The molecule has 5 N–H and O–H groups in total. The first-order chi connectivity index (χ1) is 39.0. The van der Waals surface area contributed by atoms with Gasteiger partial charge in [0.1, 0.15) is 24.7 Å². The summed E-state index contributed by atoms with van der Waals surface area (Å²) in [5.41, 5.74) is 4.29. The van der Waals surface area contributed by atoms with Crippen LogP contribution in [0.5, 0.6) is 23.0 Å². The van der Waals surface area contributed by atoms with Gasteiger partial charge < -0.3 is 45.1 Å². The summed E-state index contributed by atoms with van der Waals surface area (Å²) in [7, 11) is 2.97. The monoisotopic (exact) mass is 1120 g/mol. The number of aryl methyl sites for hydroxylation is 1. The predicted molar refractivity (Wildman–Crippen MR) is 315 cm³/mol. The molecule has 3 amide bonds. The number of unbranched alkanes of at least 4 members (excludes halogenated alkanes) is 3. The minimum absolute atomic E-state index is 0.00139. The predicted octanol–water partition coefficient (Wildman–Crippen LogP) is 11.4. The maximum atomic E-state index is 12.8. The fourth-order valence-corrected chi connectivity index (χ4v) is 13.8. The van der Waals surface area contributed by atoms with Crippen LogP contribution in [0.15, 0.2) is 78.2 Å². The molecule has 0 spiro atoms. The molecule has 4 aliphatic carbocycles. The summed E-state index contributed by atoms with van der Waals surface area (Å²) in [5, 5.41) is 37.1. The van der Waals surface area contributed by atoms with Gasteiger partial charge in [-0.05, 0) is 158 Å². The lowest BCUT2D eigenvalue weighted by Crippen LogP contribution is -2.51. The topological polar surface area (TPSA) is 212 Å². The van der Waals surface area contributed by atoms with Crippen molar-refractivity contribution in [3.63, 3.8) is 0 Å². The number of phenolic OH excluding ortho intramolecular Hbond substituents is 1. The molecular formula is C65H92N6O10. The minimum Gasteiger partial charge on any atom is -0.508 e. The number of fused-ring (bicyclic) bond motifs is 5. The molecule has 0 bridgehead atoms. The Morgan fingerprint density at radius 2 is 1.48 bits per heavy atom. The van der Waals surface area contributed by atoms with E-state index in [4.69, 9.17) is 18.9 Å². The average molecular weight is 1120 g/mol. The fourth-order valence-electron chi connectivity index (χ4n) is 13.8. The molecule has 7 rings (SSSR count). The van der Waals surface area contributed by atoms with Crippen molar-refractivity contribution in [1.82, 2.24) is 30.9 Å². The van der Waals surface area contributed by atoms with Crippen LogP contribution in [-0.4, -0.2) is 95.3 Å². The summed E-state index contributed by atoms with van der Waals surface area (Å²) in [6.07, 6.45) is 29.2. The van der Waals surface area contributed by atoms with Crippen LogP contribution in [0, 0.1) is 46.3 Å². The molecule has 16 nitrogen and oxygen atoms in total. The van der Waals surface area contributed by atoms with E-state index in [1.165, 1.54) is 83.8 Å². The number of aromatic hydroxyl groups is 1. The van der Waals surface area contributed by atoms with Gasteiger partial charge in [0.15, 0.2) is 28.8 Å². The first-order valence-electron chi connectivity index (χ1n) is 30.0. The first-order valence-corrected chi connectivity index (χ1v) is 30.0. The van der Waals surface area contributed by atoms with Crippen LogP contribution in [0.4, 0.5) is 0 Å². The second kappa shape index (κ2) is 30.0. The number of aliphatic hydroxyl groups is 1. The van der Waals surface area contributed by atoms with Crippen molar-refractivity contribution in [2.24, 2.45) is 46.3 Å². The zero-order valence-electron chi connectivity index (χ0n) is 49.3. The minimum atomic E-state index is -0.424. The summed E-state index contributed by atoms with van der Waals surface area (Å²) in [6.45, 7) is 14.3. The van der Waals surface area contributed by atoms with Crippen LogP contribution < -0.4 is 30.2 Å². The van der Waals surface area contributed by atoms with Gasteiger partial charge in [0, 0.05) is 45.1 Å². The van der Waals surface area contributed by atoms with Crippen molar-refractivity contribution in [3.05, 3.63) is 95.1 Å². The molecular weight excluding hydrogens is 1020 g/mol. The van der Waals surface area contributed by atoms with Crippen molar-refractivity contribution >= 4 is 35.7 Å². The number of aliphatic hydroxyl groups excluding tert-OH is 1. The van der Waals surface area contributed by atoms with E-state index in [-0.39, 0.29) is 85.6 Å². The number of benzene rings is 2. The van der Waals surface area contributed by atoms with Crippen LogP contribution in [0.1, 0.15) is 161 Å². The Morgan fingerprint density at radius 1 is 0.778 bits per heavy atom. The largest absolute Gasteiger partial charge is 0.508 e. The molecule has 3 saturated carbocycles. The molecule has 1 heterocycles. The average Bonchev–Trinajstić information content (AvgIpc) is 4.31. The van der Waals surface area contributed by atoms with E-state index in [0.717, 1.165) is 86.5 Å². The number of aromatic nitrogens is 3. The third-order valence-electron chi connectivity index (χ3n) is 18.2. The standard InChI is InChI=1S/C65H92N6O10/c1-44(2)13-12-14-45(3)54-23-24-55-53-22-19-48-39-52(27-31-64(48,4)56(53)28-32-65(54,55)5)80-43-63(77)68-35-30-62(76)67-34-29-61(75)66-33-10-8-9-11-36-71-41-49(69-70-71)42-81-58-26-18-47(38-60(58)79-7)16-21-51(73)40-50(72)20-15-46-17-25-57(74)59(37-46)78-6/h15-21,25-26,37-38,40-41,44-45,52-56,73-74H,8-14,22-24,27-36,39,42-43H2,1-7H3,(H,66,75)(H,67,76)(H,68,77)/b20-15+,21-16+,51-40-/t45-,52+,53+,54-,55+,56+,64+,65-/m1/s1. The van der Waals surface area contributed by atoms with E-state index in [9.17, 15) is 29.4 Å². The second-order valence-electron chi connectivity index (χ2n) is 24.2. The third kappa shape index (κ3) is 17.5. The van der Waals surface area contributed by atoms with Gasteiger partial charge in [-0.2, -0.15) is 0 Å².